The van der Waals surface area contributed by atoms with Gasteiger partial charge in [0, 0.05) is 40.1 Å². The Morgan fingerprint density at radius 1 is 1.05 bits per heavy atom. The molecule has 0 amide bonds. The molecule has 112 valence electrons. The van der Waals surface area contributed by atoms with E-state index in [2.05, 4.69) is 40.9 Å². The number of pyridine rings is 3. The fourth-order valence-corrected chi connectivity index (χ4v) is 2.76. The van der Waals surface area contributed by atoms with Gasteiger partial charge in [-0.3, -0.25) is 9.97 Å². The summed E-state index contributed by atoms with van der Waals surface area (Å²) in [5, 5.41) is 2.10. The molecule has 3 aromatic rings. The zero-order valence-corrected chi connectivity index (χ0v) is 13.2. The highest BCUT2D eigenvalue weighted by molar-refractivity contribution is 5.88. The van der Waals surface area contributed by atoms with Crippen LogP contribution >= 0.6 is 0 Å². The highest BCUT2D eigenvalue weighted by atomic mass is 14.8. The molecule has 4 heteroatoms. The Labute approximate surface area is 130 Å². The SMILES string of the molecule is CCCc1cc(C)c(-c2cc3c(C)nc(N)cc3cn2)cn1. The van der Waals surface area contributed by atoms with Crippen LogP contribution in [0.15, 0.2) is 30.6 Å². The molecule has 22 heavy (non-hydrogen) atoms. The lowest BCUT2D eigenvalue weighted by molar-refractivity contribution is 0.880. The Kier molecular flexibility index (Phi) is 3.75. The summed E-state index contributed by atoms with van der Waals surface area (Å²) in [5.41, 5.74) is 11.0. The molecule has 0 unspecified atom stereocenters. The van der Waals surface area contributed by atoms with Crippen molar-refractivity contribution in [1.29, 1.82) is 0 Å². The van der Waals surface area contributed by atoms with Crippen LogP contribution in [0.1, 0.15) is 30.3 Å². The lowest BCUT2D eigenvalue weighted by Gasteiger charge is -2.09. The van der Waals surface area contributed by atoms with Gasteiger partial charge in [0.1, 0.15) is 5.82 Å². The highest BCUT2D eigenvalue weighted by Gasteiger charge is 2.08. The van der Waals surface area contributed by atoms with Crippen LogP contribution in [0.4, 0.5) is 5.82 Å². The van der Waals surface area contributed by atoms with Crippen molar-refractivity contribution in [2.45, 2.75) is 33.6 Å². The summed E-state index contributed by atoms with van der Waals surface area (Å²) in [5.74, 6) is 0.529. The second kappa shape index (κ2) is 5.72. The van der Waals surface area contributed by atoms with Gasteiger partial charge in [-0.1, -0.05) is 13.3 Å². The molecule has 0 fully saturated rings. The first-order chi connectivity index (χ1) is 10.6. The molecular formula is C18H20N4. The average Bonchev–Trinajstić information content (AvgIpc) is 2.47. The topological polar surface area (TPSA) is 64.7 Å². The maximum Gasteiger partial charge on any atom is 0.124 e. The van der Waals surface area contributed by atoms with Crippen molar-refractivity contribution in [2.24, 2.45) is 0 Å². The molecule has 0 spiro atoms. The van der Waals surface area contributed by atoms with Crippen molar-refractivity contribution in [3.63, 3.8) is 0 Å². The Morgan fingerprint density at radius 3 is 2.59 bits per heavy atom. The predicted octanol–water partition coefficient (Wildman–Crippen LogP) is 3.84. The number of nitrogen functional groups attached to an aromatic ring is 1. The molecule has 0 aliphatic heterocycles. The first kappa shape index (κ1) is 14.4. The number of nitrogens with zero attached hydrogens (tertiary/aromatic N) is 3. The van der Waals surface area contributed by atoms with E-state index >= 15 is 0 Å². The van der Waals surface area contributed by atoms with Crippen molar-refractivity contribution < 1.29 is 0 Å². The van der Waals surface area contributed by atoms with Crippen molar-refractivity contribution in [2.75, 3.05) is 5.73 Å². The number of fused-ring (bicyclic) bond motifs is 1. The molecule has 0 aliphatic carbocycles. The molecule has 3 heterocycles. The Hall–Kier alpha value is -2.49. The van der Waals surface area contributed by atoms with Gasteiger partial charge < -0.3 is 5.73 Å². The first-order valence-electron chi connectivity index (χ1n) is 7.57. The quantitative estimate of drug-likeness (QED) is 0.796. The minimum absolute atomic E-state index is 0.529. The number of anilines is 1. The van der Waals surface area contributed by atoms with E-state index in [9.17, 15) is 0 Å². The lowest BCUT2D eigenvalue weighted by atomic mass is 10.0. The van der Waals surface area contributed by atoms with Crippen molar-refractivity contribution in [3.05, 3.63) is 47.5 Å². The van der Waals surface area contributed by atoms with E-state index in [-0.39, 0.29) is 0 Å². The summed E-state index contributed by atoms with van der Waals surface area (Å²) < 4.78 is 0. The summed E-state index contributed by atoms with van der Waals surface area (Å²) in [4.78, 5) is 13.5. The van der Waals surface area contributed by atoms with E-state index in [0.717, 1.165) is 46.3 Å². The molecule has 0 bridgehead atoms. The van der Waals surface area contributed by atoms with E-state index in [1.165, 1.54) is 5.56 Å². The van der Waals surface area contributed by atoms with E-state index in [4.69, 9.17) is 5.73 Å². The third kappa shape index (κ3) is 2.64. The van der Waals surface area contributed by atoms with Gasteiger partial charge in [-0.15, -0.1) is 0 Å². The first-order valence-corrected chi connectivity index (χ1v) is 7.57. The summed E-state index contributed by atoms with van der Waals surface area (Å²) in [6, 6.07) is 6.08. The van der Waals surface area contributed by atoms with Gasteiger partial charge in [-0.2, -0.15) is 0 Å². The Bertz CT molecular complexity index is 840. The van der Waals surface area contributed by atoms with Gasteiger partial charge in [-0.05, 0) is 44.0 Å². The molecule has 0 aromatic carbocycles. The summed E-state index contributed by atoms with van der Waals surface area (Å²) in [6.07, 6.45) is 5.89. The molecule has 0 atom stereocenters. The summed E-state index contributed by atoms with van der Waals surface area (Å²) in [6.45, 7) is 6.24. The normalized spacial score (nSPS) is 11.0. The molecular weight excluding hydrogens is 272 g/mol. The van der Waals surface area contributed by atoms with Gasteiger partial charge >= 0.3 is 0 Å². The molecule has 3 rings (SSSR count). The fraction of sp³-hybridized carbons (Fsp3) is 0.278. The van der Waals surface area contributed by atoms with Crippen molar-refractivity contribution >= 4 is 16.6 Å². The van der Waals surface area contributed by atoms with Crippen LogP contribution < -0.4 is 5.73 Å². The number of nitrogens with two attached hydrogens (primary N) is 1. The number of hydrogen-bond acceptors (Lipinski definition) is 4. The summed E-state index contributed by atoms with van der Waals surface area (Å²) in [7, 11) is 0. The minimum Gasteiger partial charge on any atom is -0.384 e. The van der Waals surface area contributed by atoms with Crippen LogP contribution in [-0.2, 0) is 6.42 Å². The molecule has 0 saturated heterocycles. The van der Waals surface area contributed by atoms with Crippen LogP contribution in [0.5, 0.6) is 0 Å². The standard InChI is InChI=1S/C18H20N4/c1-4-5-14-6-11(2)16(10-20-14)17-8-15-12(3)22-18(19)7-13(15)9-21-17/h6-10H,4-5H2,1-3H3,(H2,19,22). The van der Waals surface area contributed by atoms with Crippen LogP contribution in [0, 0.1) is 13.8 Å². The lowest BCUT2D eigenvalue weighted by Crippen LogP contribution is -1.96. The molecule has 2 N–H and O–H groups in total. The maximum absolute atomic E-state index is 5.79. The van der Waals surface area contributed by atoms with Crippen LogP contribution in [0.3, 0.4) is 0 Å². The summed E-state index contributed by atoms with van der Waals surface area (Å²) >= 11 is 0. The van der Waals surface area contributed by atoms with E-state index in [1.807, 2.05) is 25.4 Å². The molecule has 0 aliphatic rings. The smallest absolute Gasteiger partial charge is 0.124 e. The van der Waals surface area contributed by atoms with Crippen LogP contribution in [-0.4, -0.2) is 15.0 Å². The van der Waals surface area contributed by atoms with Crippen LogP contribution in [0.2, 0.25) is 0 Å². The van der Waals surface area contributed by atoms with Crippen molar-refractivity contribution in [1.82, 2.24) is 15.0 Å². The van der Waals surface area contributed by atoms with E-state index in [0.29, 0.717) is 5.82 Å². The average molecular weight is 292 g/mol. The van der Waals surface area contributed by atoms with Gasteiger partial charge in [0.2, 0.25) is 0 Å². The largest absolute Gasteiger partial charge is 0.384 e. The third-order valence-electron chi connectivity index (χ3n) is 3.87. The number of rotatable bonds is 3. The van der Waals surface area contributed by atoms with E-state index in [1.54, 1.807) is 0 Å². The Morgan fingerprint density at radius 2 is 1.86 bits per heavy atom. The molecule has 4 nitrogen and oxygen atoms in total. The minimum atomic E-state index is 0.529. The molecule has 3 aromatic heterocycles. The fourth-order valence-electron chi connectivity index (χ4n) is 2.76. The van der Waals surface area contributed by atoms with Gasteiger partial charge in [0.05, 0.1) is 5.69 Å². The van der Waals surface area contributed by atoms with Gasteiger partial charge in [-0.25, -0.2) is 4.98 Å². The second-order valence-corrected chi connectivity index (χ2v) is 5.66. The van der Waals surface area contributed by atoms with Crippen LogP contribution in [0.25, 0.3) is 22.0 Å². The molecule has 0 saturated carbocycles. The third-order valence-corrected chi connectivity index (χ3v) is 3.87. The maximum atomic E-state index is 5.79. The second-order valence-electron chi connectivity index (χ2n) is 5.66. The Balaban J connectivity index is 2.10. The van der Waals surface area contributed by atoms with Crippen molar-refractivity contribution in [3.8, 4) is 11.3 Å². The zero-order valence-electron chi connectivity index (χ0n) is 13.2. The number of hydrogen-bond donors (Lipinski definition) is 1. The number of aromatic nitrogens is 3. The van der Waals surface area contributed by atoms with E-state index < -0.39 is 0 Å². The molecule has 0 radical (unpaired) electrons. The predicted molar refractivity (Wildman–Crippen MR) is 90.7 cm³/mol. The monoisotopic (exact) mass is 292 g/mol. The zero-order chi connectivity index (χ0) is 15.7. The van der Waals surface area contributed by atoms with Gasteiger partial charge in [0.25, 0.3) is 0 Å². The number of aryl methyl sites for hydroxylation is 3. The van der Waals surface area contributed by atoms with Gasteiger partial charge in [0.15, 0.2) is 0 Å². The highest BCUT2D eigenvalue weighted by Crippen LogP contribution is 2.26.